The summed E-state index contributed by atoms with van der Waals surface area (Å²) in [6.45, 7) is 1.99. The Labute approximate surface area is 140 Å². The molecule has 0 unspecified atom stereocenters. The molecule has 3 rings (SSSR count). The third-order valence-corrected chi connectivity index (χ3v) is 3.64. The van der Waals surface area contributed by atoms with Gasteiger partial charge in [-0.2, -0.15) is 0 Å². The van der Waals surface area contributed by atoms with Crippen molar-refractivity contribution < 1.29 is 19.0 Å². The summed E-state index contributed by atoms with van der Waals surface area (Å²) < 4.78 is 15.9. The molecule has 0 fully saturated rings. The van der Waals surface area contributed by atoms with Crippen molar-refractivity contribution in [2.45, 2.75) is 6.92 Å². The summed E-state index contributed by atoms with van der Waals surface area (Å²) in [5.41, 5.74) is 2.80. The largest absolute Gasteiger partial charge is 0.493 e. The second kappa shape index (κ2) is 6.58. The molecule has 0 atom stereocenters. The molecule has 0 bridgehead atoms. The highest BCUT2D eigenvalue weighted by atomic mass is 16.6. The number of methoxy groups -OCH3 is 2. The predicted molar refractivity (Wildman–Crippen MR) is 91.3 cm³/mol. The highest BCUT2D eigenvalue weighted by Gasteiger charge is 2.24. The number of carbonyl (C=O) groups excluding carboxylic acids is 1. The number of hydrogen-bond donors (Lipinski definition) is 0. The Bertz CT molecular complexity index is 835. The SMILES string of the molecule is COc1cccc(/C=C2\N=C(c3ccc(C)cc3)OC2=O)c1OC. The van der Waals surface area contributed by atoms with E-state index < -0.39 is 5.97 Å². The Balaban J connectivity index is 1.99. The minimum Gasteiger partial charge on any atom is -0.493 e. The lowest BCUT2D eigenvalue weighted by atomic mass is 10.1. The van der Waals surface area contributed by atoms with Crippen molar-refractivity contribution in [2.24, 2.45) is 4.99 Å². The van der Waals surface area contributed by atoms with Crippen molar-refractivity contribution in [3.8, 4) is 11.5 Å². The van der Waals surface area contributed by atoms with Crippen LogP contribution in [0, 0.1) is 6.92 Å². The third-order valence-electron chi connectivity index (χ3n) is 3.64. The van der Waals surface area contributed by atoms with E-state index in [-0.39, 0.29) is 5.70 Å². The van der Waals surface area contributed by atoms with Crippen LogP contribution < -0.4 is 9.47 Å². The van der Waals surface area contributed by atoms with Crippen molar-refractivity contribution >= 4 is 17.9 Å². The zero-order valence-corrected chi connectivity index (χ0v) is 13.7. The number of para-hydroxylation sites is 1. The maximum Gasteiger partial charge on any atom is 0.363 e. The van der Waals surface area contributed by atoms with Crippen molar-refractivity contribution in [1.82, 2.24) is 0 Å². The van der Waals surface area contributed by atoms with E-state index in [1.807, 2.05) is 43.3 Å². The van der Waals surface area contributed by atoms with E-state index >= 15 is 0 Å². The van der Waals surface area contributed by atoms with Crippen LogP contribution in [0.1, 0.15) is 16.7 Å². The van der Waals surface area contributed by atoms with Crippen LogP contribution in [0.2, 0.25) is 0 Å². The predicted octanol–water partition coefficient (Wildman–Crippen LogP) is 3.36. The van der Waals surface area contributed by atoms with E-state index in [1.165, 1.54) is 0 Å². The van der Waals surface area contributed by atoms with Gasteiger partial charge in [-0.25, -0.2) is 9.79 Å². The average molecular weight is 323 g/mol. The maximum absolute atomic E-state index is 12.1. The van der Waals surface area contributed by atoms with Crippen molar-refractivity contribution in [1.29, 1.82) is 0 Å². The number of rotatable bonds is 4. The number of carbonyl (C=O) groups is 1. The van der Waals surface area contributed by atoms with Gasteiger partial charge in [0, 0.05) is 11.1 Å². The first-order valence-electron chi connectivity index (χ1n) is 7.43. The van der Waals surface area contributed by atoms with Gasteiger partial charge in [0.15, 0.2) is 17.2 Å². The fourth-order valence-electron chi connectivity index (χ4n) is 2.40. The standard InChI is InChI=1S/C19H17NO4/c1-12-7-9-13(10-8-12)18-20-15(19(21)24-18)11-14-5-4-6-16(22-2)17(14)23-3/h4-11H,1-3H3/b15-11-. The summed E-state index contributed by atoms with van der Waals surface area (Å²) >= 11 is 0. The van der Waals surface area contributed by atoms with Crippen LogP contribution >= 0.6 is 0 Å². The second-order valence-electron chi connectivity index (χ2n) is 5.28. The van der Waals surface area contributed by atoms with Gasteiger partial charge in [0.05, 0.1) is 14.2 Å². The number of esters is 1. The molecule has 0 spiro atoms. The number of ether oxygens (including phenoxy) is 3. The highest BCUT2D eigenvalue weighted by molar-refractivity contribution is 6.13. The van der Waals surface area contributed by atoms with Gasteiger partial charge >= 0.3 is 5.97 Å². The lowest BCUT2D eigenvalue weighted by Crippen LogP contribution is -2.05. The van der Waals surface area contributed by atoms with Gasteiger partial charge in [0.25, 0.3) is 0 Å². The van der Waals surface area contributed by atoms with E-state index in [9.17, 15) is 4.79 Å². The van der Waals surface area contributed by atoms with Crippen molar-refractivity contribution in [3.05, 3.63) is 64.9 Å². The molecule has 2 aromatic carbocycles. The van der Waals surface area contributed by atoms with Gasteiger partial charge in [-0.3, -0.25) is 0 Å². The molecule has 5 heteroatoms. The maximum atomic E-state index is 12.1. The first kappa shape index (κ1) is 15.8. The number of hydrogen-bond acceptors (Lipinski definition) is 5. The number of cyclic esters (lactones) is 1. The molecule has 5 nitrogen and oxygen atoms in total. The Hall–Kier alpha value is -3.08. The van der Waals surface area contributed by atoms with E-state index in [0.29, 0.717) is 23.0 Å². The van der Waals surface area contributed by atoms with Crippen LogP contribution in [0.15, 0.2) is 53.2 Å². The summed E-state index contributed by atoms with van der Waals surface area (Å²) in [6.07, 6.45) is 1.63. The topological polar surface area (TPSA) is 57.1 Å². The molecular formula is C19H17NO4. The molecule has 1 heterocycles. The first-order valence-corrected chi connectivity index (χ1v) is 7.43. The molecule has 0 saturated heterocycles. The van der Waals surface area contributed by atoms with E-state index in [1.54, 1.807) is 26.4 Å². The first-order chi connectivity index (χ1) is 11.6. The quantitative estimate of drug-likeness (QED) is 0.639. The summed E-state index contributed by atoms with van der Waals surface area (Å²) in [7, 11) is 3.11. The van der Waals surface area contributed by atoms with Gasteiger partial charge in [-0.1, -0.05) is 29.8 Å². The number of aliphatic imine (C=N–C) groups is 1. The molecule has 24 heavy (non-hydrogen) atoms. The van der Waals surface area contributed by atoms with Gasteiger partial charge in [-0.05, 0) is 31.2 Å². The fraction of sp³-hybridized carbons (Fsp3) is 0.158. The molecule has 0 aromatic heterocycles. The molecule has 1 aliphatic heterocycles. The van der Waals surface area contributed by atoms with Crippen LogP contribution in [0.25, 0.3) is 6.08 Å². The Morgan fingerprint density at radius 3 is 2.46 bits per heavy atom. The zero-order valence-electron chi connectivity index (χ0n) is 13.7. The molecule has 0 aliphatic carbocycles. The molecule has 0 amide bonds. The van der Waals surface area contributed by atoms with Crippen LogP contribution in [0.3, 0.4) is 0 Å². The number of nitrogens with zero attached hydrogens (tertiary/aromatic N) is 1. The van der Waals surface area contributed by atoms with Crippen LogP contribution in [0.4, 0.5) is 0 Å². The zero-order chi connectivity index (χ0) is 17.1. The third kappa shape index (κ3) is 3.01. The molecule has 0 radical (unpaired) electrons. The molecule has 122 valence electrons. The molecular weight excluding hydrogens is 306 g/mol. The average Bonchev–Trinajstić information content (AvgIpc) is 2.96. The minimum atomic E-state index is -0.490. The van der Waals surface area contributed by atoms with Gasteiger partial charge in [0.1, 0.15) is 0 Å². The highest BCUT2D eigenvalue weighted by Crippen LogP contribution is 2.33. The monoisotopic (exact) mass is 323 g/mol. The lowest BCUT2D eigenvalue weighted by molar-refractivity contribution is -0.129. The van der Waals surface area contributed by atoms with Crippen LogP contribution in [0.5, 0.6) is 11.5 Å². The van der Waals surface area contributed by atoms with Gasteiger partial charge in [-0.15, -0.1) is 0 Å². The van der Waals surface area contributed by atoms with Gasteiger partial charge in [0.2, 0.25) is 5.90 Å². The number of benzene rings is 2. The smallest absolute Gasteiger partial charge is 0.363 e. The van der Waals surface area contributed by atoms with E-state index in [4.69, 9.17) is 14.2 Å². The normalized spacial score (nSPS) is 15.2. The fourth-order valence-corrected chi connectivity index (χ4v) is 2.40. The summed E-state index contributed by atoms with van der Waals surface area (Å²) in [6, 6.07) is 13.1. The molecule has 0 N–H and O–H groups in total. The Morgan fingerprint density at radius 2 is 1.79 bits per heavy atom. The van der Waals surface area contributed by atoms with E-state index in [0.717, 1.165) is 11.1 Å². The molecule has 1 aliphatic rings. The molecule has 2 aromatic rings. The van der Waals surface area contributed by atoms with E-state index in [2.05, 4.69) is 4.99 Å². The lowest BCUT2D eigenvalue weighted by Gasteiger charge is -2.09. The summed E-state index contributed by atoms with van der Waals surface area (Å²) in [5.74, 6) is 0.934. The number of aryl methyl sites for hydroxylation is 1. The Morgan fingerprint density at radius 1 is 1.04 bits per heavy atom. The second-order valence-corrected chi connectivity index (χ2v) is 5.28. The van der Waals surface area contributed by atoms with Crippen molar-refractivity contribution in [3.63, 3.8) is 0 Å². The van der Waals surface area contributed by atoms with Crippen LogP contribution in [-0.2, 0) is 9.53 Å². The van der Waals surface area contributed by atoms with Crippen molar-refractivity contribution in [2.75, 3.05) is 14.2 Å². The Kier molecular flexibility index (Phi) is 4.33. The summed E-state index contributed by atoms with van der Waals surface area (Å²) in [5, 5.41) is 0. The summed E-state index contributed by atoms with van der Waals surface area (Å²) in [4.78, 5) is 16.4. The van der Waals surface area contributed by atoms with Gasteiger partial charge < -0.3 is 14.2 Å². The minimum absolute atomic E-state index is 0.220. The molecule has 0 saturated carbocycles. The van der Waals surface area contributed by atoms with Crippen LogP contribution in [-0.4, -0.2) is 26.1 Å².